The highest BCUT2D eigenvalue weighted by Crippen LogP contribution is 1.47. The van der Waals surface area contributed by atoms with Gasteiger partial charge in [0.2, 0.25) is 0 Å². The van der Waals surface area contributed by atoms with Crippen molar-refractivity contribution in [2.45, 2.75) is 0 Å². The van der Waals surface area contributed by atoms with Crippen molar-refractivity contribution in [1.82, 2.24) is 10.9 Å². The predicted molar refractivity (Wildman–Crippen MR) is 19.2 cm³/mol. The highest BCUT2D eigenvalue weighted by atomic mass is 16.5. The lowest BCUT2D eigenvalue weighted by Crippen LogP contribution is -2.36. The summed E-state index contributed by atoms with van der Waals surface area (Å²) >= 11 is 0. The van der Waals surface area contributed by atoms with E-state index in [-0.39, 0.29) is 0 Å². The average Bonchev–Trinajstić information content (AvgIpc) is 1.65. The van der Waals surface area contributed by atoms with E-state index in [1.165, 1.54) is 0 Å². The van der Waals surface area contributed by atoms with Gasteiger partial charge in [0, 0.05) is 0 Å². The molecule has 0 atom stereocenters. The van der Waals surface area contributed by atoms with E-state index in [4.69, 9.17) is 5.21 Å². The zero-order valence-electron chi connectivity index (χ0n) is 2.89. The summed E-state index contributed by atoms with van der Waals surface area (Å²) in [5, 5.41) is 9.12. The molecule has 36 valence electrons. The van der Waals surface area contributed by atoms with Gasteiger partial charge in [0.15, 0.2) is 0 Å². The number of carbonyl (C=O) groups excluding carboxylic acids is 1. The van der Waals surface area contributed by atoms with Crippen LogP contribution in [-0.2, 0) is 0 Å². The number of rotatable bonds is 0. The standard InChI is InChI=1S/CH4N3O2/c2-3-1(5)4-6/h2H2,(H2-,3,4,5,6)/q-1. The molecule has 0 aliphatic rings. The molecule has 4 N–H and O–H groups in total. The summed E-state index contributed by atoms with van der Waals surface area (Å²) < 4.78 is 0. The Hall–Kier alpha value is -0.810. The normalized spacial score (nSPS) is 7.00. The van der Waals surface area contributed by atoms with Crippen molar-refractivity contribution >= 4 is 6.03 Å². The number of nitrogens with two attached hydrogens (primary N) is 1. The van der Waals surface area contributed by atoms with Gasteiger partial charge in [-0.3, -0.25) is 5.43 Å². The topological polar surface area (TPSA) is 90.2 Å². The summed E-state index contributed by atoms with van der Waals surface area (Å²) in [5.41, 5.74) is 2.54. The summed E-state index contributed by atoms with van der Waals surface area (Å²) in [5.74, 6) is 4.42. The van der Waals surface area contributed by atoms with Gasteiger partial charge in [-0.15, -0.1) is 0 Å². The highest BCUT2D eigenvalue weighted by Gasteiger charge is 1.77. The Balaban J connectivity index is 2.99. The number of hydrogen-bond donors (Lipinski definition) is 3. The van der Waals surface area contributed by atoms with Crippen LogP contribution in [0.3, 0.4) is 0 Å². The Kier molecular flexibility index (Phi) is 2.10. The van der Waals surface area contributed by atoms with Crippen LogP contribution >= 0.6 is 0 Å². The first kappa shape index (κ1) is 5.19. The predicted octanol–water partition coefficient (Wildman–Crippen LogP) is -1.34. The first-order valence-corrected chi connectivity index (χ1v) is 1.20. The molecule has 0 radical (unpaired) electrons. The van der Waals surface area contributed by atoms with Gasteiger partial charge in [0.25, 0.3) is 0 Å². The molecule has 0 bridgehead atoms. The van der Waals surface area contributed by atoms with Crippen LogP contribution in [0.5, 0.6) is 0 Å². The van der Waals surface area contributed by atoms with Gasteiger partial charge in [0.05, 0.1) is 0 Å². The number of urea groups is 1. The third kappa shape index (κ3) is 1.50. The third-order valence-corrected chi connectivity index (χ3v) is 0.224. The zero-order valence-corrected chi connectivity index (χ0v) is 2.89. The minimum Gasteiger partial charge on any atom is -0.758 e. The van der Waals surface area contributed by atoms with Gasteiger partial charge in [0.1, 0.15) is 0 Å². The molecule has 0 aliphatic heterocycles. The molecule has 0 aliphatic carbocycles. The molecule has 6 heavy (non-hydrogen) atoms. The van der Waals surface area contributed by atoms with E-state index in [9.17, 15) is 4.79 Å². The monoisotopic (exact) mass is 90.0 g/mol. The van der Waals surface area contributed by atoms with Crippen LogP contribution in [0.1, 0.15) is 0 Å². The second-order valence-corrected chi connectivity index (χ2v) is 0.576. The van der Waals surface area contributed by atoms with E-state index in [0.29, 0.717) is 0 Å². The SMILES string of the molecule is NNC(=O)N[O-]. The number of hydrogen-bond acceptors (Lipinski definition) is 3. The molecule has 0 aromatic rings. The van der Waals surface area contributed by atoms with E-state index in [2.05, 4.69) is 5.84 Å². The minimum atomic E-state index is -0.935. The molecule has 0 aromatic carbocycles. The molecule has 0 saturated heterocycles. The number of amides is 2. The number of hydrazine groups is 1. The van der Waals surface area contributed by atoms with E-state index >= 15 is 0 Å². The van der Waals surface area contributed by atoms with Gasteiger partial charge >= 0.3 is 6.03 Å². The molecule has 2 amide bonds. The smallest absolute Gasteiger partial charge is 0.318 e. The molecule has 0 heterocycles. The van der Waals surface area contributed by atoms with Crippen molar-refractivity contribution in [3.8, 4) is 0 Å². The van der Waals surface area contributed by atoms with Gasteiger partial charge in [-0.1, -0.05) is 0 Å². The fourth-order valence-corrected chi connectivity index (χ4v) is 0.0295. The van der Waals surface area contributed by atoms with Crippen molar-refractivity contribution in [2.24, 2.45) is 5.84 Å². The van der Waals surface area contributed by atoms with Crippen LogP contribution in [0.15, 0.2) is 0 Å². The summed E-state index contributed by atoms with van der Waals surface area (Å²) in [4.78, 5) is 9.52. The molecule has 5 heteroatoms. The first-order chi connectivity index (χ1) is 2.81. The summed E-state index contributed by atoms with van der Waals surface area (Å²) in [7, 11) is 0. The zero-order chi connectivity index (χ0) is 4.99. The maximum atomic E-state index is 9.52. The Morgan fingerprint density at radius 2 is 2.33 bits per heavy atom. The van der Waals surface area contributed by atoms with Crippen molar-refractivity contribution < 1.29 is 4.79 Å². The van der Waals surface area contributed by atoms with E-state index < -0.39 is 6.03 Å². The minimum absolute atomic E-state index is 0.935. The van der Waals surface area contributed by atoms with Crippen LogP contribution in [0.25, 0.3) is 0 Å². The lowest BCUT2D eigenvalue weighted by molar-refractivity contribution is 0.244. The molecule has 0 rings (SSSR count). The van der Waals surface area contributed by atoms with E-state index in [1.807, 2.05) is 0 Å². The second kappa shape index (κ2) is 2.43. The van der Waals surface area contributed by atoms with Crippen LogP contribution in [0.4, 0.5) is 4.79 Å². The molecular weight excluding hydrogens is 86.0 g/mol. The second-order valence-electron chi connectivity index (χ2n) is 0.576. The lowest BCUT2D eigenvalue weighted by atomic mass is 11.1. The van der Waals surface area contributed by atoms with Gasteiger partial charge < -0.3 is 10.7 Å². The fourth-order valence-electron chi connectivity index (χ4n) is 0.0295. The number of carbonyl (C=O) groups is 1. The number of nitrogens with one attached hydrogen (secondary N) is 2. The van der Waals surface area contributed by atoms with Crippen molar-refractivity contribution in [3.05, 3.63) is 5.21 Å². The summed E-state index contributed by atoms with van der Waals surface area (Å²) in [6.45, 7) is 0. The molecule has 0 aromatic heterocycles. The van der Waals surface area contributed by atoms with Crippen LogP contribution in [0.2, 0.25) is 0 Å². The number of hydroxylamine groups is 1. The van der Waals surface area contributed by atoms with Gasteiger partial charge in [-0.2, -0.15) is 0 Å². The molecule has 0 unspecified atom stereocenters. The summed E-state index contributed by atoms with van der Waals surface area (Å²) in [6.07, 6.45) is 0. The molecular formula is CH4N3O2-. The molecule has 0 spiro atoms. The summed E-state index contributed by atoms with van der Waals surface area (Å²) in [6, 6.07) is -0.935. The maximum Gasteiger partial charge on any atom is 0.318 e. The van der Waals surface area contributed by atoms with E-state index in [0.717, 1.165) is 5.48 Å². The van der Waals surface area contributed by atoms with E-state index in [1.54, 1.807) is 5.43 Å². The Morgan fingerprint density at radius 3 is 2.33 bits per heavy atom. The first-order valence-electron chi connectivity index (χ1n) is 1.20. The van der Waals surface area contributed by atoms with Crippen molar-refractivity contribution in [1.29, 1.82) is 0 Å². The largest absolute Gasteiger partial charge is 0.758 e. The van der Waals surface area contributed by atoms with Gasteiger partial charge in [-0.05, 0) is 0 Å². The average molecular weight is 90.1 g/mol. The quantitative estimate of drug-likeness (QED) is 0.195. The van der Waals surface area contributed by atoms with Crippen LogP contribution in [-0.4, -0.2) is 6.03 Å². The third-order valence-electron chi connectivity index (χ3n) is 0.224. The molecule has 0 fully saturated rings. The maximum absolute atomic E-state index is 9.52. The molecule has 5 nitrogen and oxygen atoms in total. The van der Waals surface area contributed by atoms with Gasteiger partial charge in [-0.25, -0.2) is 10.6 Å². The molecule has 0 saturated carbocycles. The van der Waals surface area contributed by atoms with Crippen LogP contribution in [0, 0.1) is 5.21 Å². The Bertz CT molecular complexity index is 46.8. The van der Waals surface area contributed by atoms with Crippen molar-refractivity contribution in [2.75, 3.05) is 0 Å². The fraction of sp³-hybridized carbons (Fsp3) is 0. The van der Waals surface area contributed by atoms with Crippen molar-refractivity contribution in [3.63, 3.8) is 0 Å². The highest BCUT2D eigenvalue weighted by molar-refractivity contribution is 5.73. The lowest BCUT2D eigenvalue weighted by Gasteiger charge is -2.02. The Morgan fingerprint density at radius 1 is 1.83 bits per heavy atom. The van der Waals surface area contributed by atoms with Crippen LogP contribution < -0.4 is 16.7 Å². The Labute approximate surface area is 34.1 Å².